The lowest BCUT2D eigenvalue weighted by Gasteiger charge is -2.30. The van der Waals surface area contributed by atoms with Crippen LogP contribution in [0, 0.1) is 11.7 Å². The maximum absolute atomic E-state index is 15.2. The van der Waals surface area contributed by atoms with E-state index in [1.807, 2.05) is 6.07 Å². The van der Waals surface area contributed by atoms with Gasteiger partial charge in [-0.3, -0.25) is 0 Å². The van der Waals surface area contributed by atoms with Crippen LogP contribution in [0.15, 0.2) is 36.4 Å². The third kappa shape index (κ3) is 4.98. The molecule has 4 rings (SSSR count). The molecule has 1 unspecified atom stereocenters. The van der Waals surface area contributed by atoms with E-state index in [2.05, 4.69) is 44.2 Å². The maximum Gasteiger partial charge on any atom is 0.126 e. The lowest BCUT2D eigenvalue weighted by Crippen LogP contribution is -2.16. The van der Waals surface area contributed by atoms with E-state index in [9.17, 15) is 0 Å². The third-order valence-electron chi connectivity index (χ3n) is 7.79. The fraction of sp³-hybridized carbons (Fsp3) is 0.586. The van der Waals surface area contributed by atoms with Gasteiger partial charge < -0.3 is 0 Å². The number of benzene rings is 2. The molecule has 162 valence electrons. The SMILES string of the molecule is CCCCC1CCC(c2ccc(C3CCc4cc(CCC)ccc4C3)c(F)c2)CC1. The van der Waals surface area contributed by atoms with Crippen molar-refractivity contribution in [3.63, 3.8) is 0 Å². The molecule has 2 aromatic rings. The zero-order chi connectivity index (χ0) is 20.9. The predicted molar refractivity (Wildman–Crippen MR) is 126 cm³/mol. The fourth-order valence-electron chi connectivity index (χ4n) is 5.92. The molecule has 0 aliphatic heterocycles. The van der Waals surface area contributed by atoms with E-state index in [1.54, 1.807) is 0 Å². The summed E-state index contributed by atoms with van der Waals surface area (Å²) in [6.07, 6.45) is 14.7. The monoisotopic (exact) mass is 406 g/mol. The average molecular weight is 407 g/mol. The molecule has 0 amide bonds. The summed E-state index contributed by atoms with van der Waals surface area (Å²) in [5.74, 6) is 1.84. The molecule has 2 aliphatic carbocycles. The second kappa shape index (κ2) is 10.1. The van der Waals surface area contributed by atoms with Crippen LogP contribution in [0.1, 0.15) is 111 Å². The Morgan fingerprint density at radius 2 is 1.67 bits per heavy atom. The summed E-state index contributed by atoms with van der Waals surface area (Å²) >= 11 is 0. The van der Waals surface area contributed by atoms with E-state index >= 15 is 4.39 Å². The highest BCUT2D eigenvalue weighted by atomic mass is 19.1. The quantitative estimate of drug-likeness (QED) is 0.432. The molecular formula is C29H39F. The van der Waals surface area contributed by atoms with Gasteiger partial charge in [-0.1, -0.05) is 69.9 Å². The van der Waals surface area contributed by atoms with Crippen molar-refractivity contribution < 1.29 is 4.39 Å². The smallest absolute Gasteiger partial charge is 0.126 e. The van der Waals surface area contributed by atoms with Gasteiger partial charge in [0, 0.05) is 0 Å². The summed E-state index contributed by atoms with van der Waals surface area (Å²) in [4.78, 5) is 0. The molecule has 1 atom stereocenters. The number of halogens is 1. The van der Waals surface area contributed by atoms with Gasteiger partial charge in [-0.05, 0) is 103 Å². The Labute approximate surface area is 183 Å². The Bertz CT molecular complexity index is 828. The van der Waals surface area contributed by atoms with Crippen molar-refractivity contribution in [3.05, 3.63) is 70.0 Å². The highest BCUT2D eigenvalue weighted by molar-refractivity contribution is 5.38. The molecule has 0 aromatic heterocycles. The normalized spacial score (nSPS) is 23.9. The summed E-state index contributed by atoms with van der Waals surface area (Å²) in [6.45, 7) is 4.52. The van der Waals surface area contributed by atoms with Crippen LogP contribution < -0.4 is 0 Å². The lowest BCUT2D eigenvalue weighted by molar-refractivity contribution is 0.304. The van der Waals surface area contributed by atoms with E-state index in [-0.39, 0.29) is 5.82 Å². The van der Waals surface area contributed by atoms with Gasteiger partial charge >= 0.3 is 0 Å². The topological polar surface area (TPSA) is 0 Å². The third-order valence-corrected chi connectivity index (χ3v) is 7.79. The molecule has 1 saturated carbocycles. The number of hydrogen-bond acceptors (Lipinski definition) is 0. The van der Waals surface area contributed by atoms with Gasteiger partial charge in [0.1, 0.15) is 5.82 Å². The highest BCUT2D eigenvalue weighted by Crippen LogP contribution is 2.40. The van der Waals surface area contributed by atoms with Crippen LogP contribution >= 0.6 is 0 Å². The number of fused-ring (bicyclic) bond motifs is 1. The number of rotatable bonds is 7. The first-order valence-corrected chi connectivity index (χ1v) is 12.6. The minimum Gasteiger partial charge on any atom is -0.207 e. The molecule has 0 nitrogen and oxygen atoms in total. The van der Waals surface area contributed by atoms with Crippen LogP contribution in [0.4, 0.5) is 4.39 Å². The van der Waals surface area contributed by atoms with Crippen LogP contribution in [-0.2, 0) is 19.3 Å². The largest absolute Gasteiger partial charge is 0.207 e. The Hall–Kier alpha value is -1.63. The van der Waals surface area contributed by atoms with Crippen molar-refractivity contribution >= 4 is 0 Å². The molecule has 2 aromatic carbocycles. The lowest BCUT2D eigenvalue weighted by atomic mass is 9.76. The number of hydrogen-bond donors (Lipinski definition) is 0. The van der Waals surface area contributed by atoms with Crippen molar-refractivity contribution in [2.24, 2.45) is 5.92 Å². The average Bonchev–Trinajstić information content (AvgIpc) is 2.78. The minimum atomic E-state index is 0.0386. The molecule has 0 bridgehead atoms. The first-order valence-electron chi connectivity index (χ1n) is 12.6. The van der Waals surface area contributed by atoms with Crippen LogP contribution in [0.25, 0.3) is 0 Å². The zero-order valence-corrected chi connectivity index (χ0v) is 19.1. The zero-order valence-electron chi connectivity index (χ0n) is 19.1. The van der Waals surface area contributed by atoms with E-state index < -0.39 is 0 Å². The molecule has 0 spiro atoms. The molecule has 1 heteroatoms. The van der Waals surface area contributed by atoms with Crippen molar-refractivity contribution in [2.75, 3.05) is 0 Å². The number of unbranched alkanes of at least 4 members (excludes halogenated alkanes) is 1. The Kier molecular flexibility index (Phi) is 7.28. The maximum atomic E-state index is 15.2. The summed E-state index contributed by atoms with van der Waals surface area (Å²) < 4.78 is 15.2. The fourth-order valence-corrected chi connectivity index (χ4v) is 5.92. The van der Waals surface area contributed by atoms with Crippen molar-refractivity contribution in [1.82, 2.24) is 0 Å². The van der Waals surface area contributed by atoms with E-state index in [0.717, 1.165) is 37.2 Å². The van der Waals surface area contributed by atoms with Gasteiger partial charge in [0.05, 0.1) is 0 Å². The van der Waals surface area contributed by atoms with Crippen molar-refractivity contribution in [2.45, 2.75) is 103 Å². The Morgan fingerprint density at radius 1 is 0.833 bits per heavy atom. The molecule has 1 fully saturated rings. The first kappa shape index (κ1) is 21.6. The van der Waals surface area contributed by atoms with Gasteiger partial charge in [-0.15, -0.1) is 0 Å². The molecular weight excluding hydrogens is 367 g/mol. The number of aryl methyl sites for hydroxylation is 2. The Balaban J connectivity index is 1.40. The molecule has 0 radical (unpaired) electrons. The summed E-state index contributed by atoms with van der Waals surface area (Å²) in [6, 6.07) is 13.2. The second-order valence-electron chi connectivity index (χ2n) is 9.93. The molecule has 30 heavy (non-hydrogen) atoms. The van der Waals surface area contributed by atoms with Gasteiger partial charge in [0.15, 0.2) is 0 Å². The molecule has 0 N–H and O–H groups in total. The van der Waals surface area contributed by atoms with Gasteiger partial charge in [0.2, 0.25) is 0 Å². The van der Waals surface area contributed by atoms with Crippen LogP contribution in [-0.4, -0.2) is 0 Å². The van der Waals surface area contributed by atoms with Crippen LogP contribution in [0.5, 0.6) is 0 Å². The van der Waals surface area contributed by atoms with E-state index in [4.69, 9.17) is 0 Å². The highest BCUT2D eigenvalue weighted by Gasteiger charge is 2.25. The van der Waals surface area contributed by atoms with E-state index in [1.165, 1.54) is 73.6 Å². The van der Waals surface area contributed by atoms with Gasteiger partial charge in [-0.25, -0.2) is 4.39 Å². The van der Waals surface area contributed by atoms with Gasteiger partial charge in [0.25, 0.3) is 0 Å². The second-order valence-corrected chi connectivity index (χ2v) is 9.93. The van der Waals surface area contributed by atoms with Crippen molar-refractivity contribution in [3.8, 4) is 0 Å². The molecule has 2 aliphatic rings. The summed E-state index contributed by atoms with van der Waals surface area (Å²) in [7, 11) is 0. The summed E-state index contributed by atoms with van der Waals surface area (Å²) in [5, 5.41) is 0. The van der Waals surface area contributed by atoms with Crippen LogP contribution in [0.2, 0.25) is 0 Å². The Morgan fingerprint density at radius 3 is 2.40 bits per heavy atom. The standard InChI is InChI=1S/C29H39F/c1-3-5-7-21-8-11-23(12-9-21)26-16-17-28(29(30)20-26)27-15-14-24-18-22(6-4-2)10-13-25(24)19-27/h10,13,16-18,20-21,23,27H,3-9,11-12,14-15,19H2,1-2H3. The molecule has 0 saturated heterocycles. The first-order chi connectivity index (χ1) is 14.7. The minimum absolute atomic E-state index is 0.0386. The molecule has 0 heterocycles. The van der Waals surface area contributed by atoms with Crippen LogP contribution in [0.3, 0.4) is 0 Å². The van der Waals surface area contributed by atoms with E-state index in [0.29, 0.717) is 11.8 Å². The summed E-state index contributed by atoms with van der Waals surface area (Å²) in [5.41, 5.74) is 6.56. The van der Waals surface area contributed by atoms with Gasteiger partial charge in [-0.2, -0.15) is 0 Å². The van der Waals surface area contributed by atoms with Crippen molar-refractivity contribution in [1.29, 1.82) is 0 Å². The predicted octanol–water partition coefficient (Wildman–Crippen LogP) is 8.51.